The molecule has 0 bridgehead atoms. The zero-order valence-corrected chi connectivity index (χ0v) is 22.5. The van der Waals surface area contributed by atoms with Gasteiger partial charge < -0.3 is 9.47 Å². The summed E-state index contributed by atoms with van der Waals surface area (Å²) in [6.07, 6.45) is 4.60. The summed E-state index contributed by atoms with van der Waals surface area (Å²) in [5.74, 6) is -0.368. The Labute approximate surface area is 223 Å². The van der Waals surface area contributed by atoms with Gasteiger partial charge in [-0.25, -0.2) is 14.2 Å². The van der Waals surface area contributed by atoms with Gasteiger partial charge in [0, 0.05) is 5.56 Å². The van der Waals surface area contributed by atoms with Crippen LogP contribution in [0.3, 0.4) is 0 Å². The highest BCUT2D eigenvalue weighted by molar-refractivity contribution is 7.07. The molecule has 0 saturated heterocycles. The first-order valence-electron chi connectivity index (χ1n) is 12.2. The Morgan fingerprint density at radius 1 is 1.19 bits per heavy atom. The lowest BCUT2D eigenvalue weighted by Gasteiger charge is -2.24. The molecule has 1 aliphatic rings. The third-order valence-corrected chi connectivity index (χ3v) is 7.32. The smallest absolute Gasteiger partial charge is 0.338 e. The van der Waals surface area contributed by atoms with Crippen molar-refractivity contribution in [3.05, 3.63) is 95.4 Å². The third kappa shape index (κ3) is 5.70. The largest absolute Gasteiger partial charge is 0.494 e. The second-order valence-electron chi connectivity index (χ2n) is 8.56. The van der Waals surface area contributed by atoms with Crippen LogP contribution in [-0.2, 0) is 9.53 Å². The molecule has 1 aliphatic heterocycles. The molecule has 9 heteroatoms. The maximum Gasteiger partial charge on any atom is 0.338 e. The third-order valence-electron chi connectivity index (χ3n) is 6.00. The van der Waals surface area contributed by atoms with Crippen molar-refractivity contribution in [3.63, 3.8) is 0 Å². The van der Waals surface area contributed by atoms with E-state index in [9.17, 15) is 14.0 Å². The second kappa shape index (κ2) is 11.9. The molecule has 0 aliphatic carbocycles. The van der Waals surface area contributed by atoms with Gasteiger partial charge in [-0.05, 0) is 56.2 Å². The van der Waals surface area contributed by atoms with Crippen molar-refractivity contribution in [3.8, 4) is 5.75 Å². The zero-order valence-electron chi connectivity index (χ0n) is 20.9. The summed E-state index contributed by atoms with van der Waals surface area (Å²) < 4.78 is 27.3. The van der Waals surface area contributed by atoms with E-state index in [-0.39, 0.29) is 27.3 Å². The first-order chi connectivity index (χ1) is 17.8. The van der Waals surface area contributed by atoms with E-state index in [1.54, 1.807) is 19.9 Å². The predicted molar refractivity (Wildman–Crippen MR) is 143 cm³/mol. The van der Waals surface area contributed by atoms with Gasteiger partial charge >= 0.3 is 5.97 Å². The van der Waals surface area contributed by atoms with Crippen molar-refractivity contribution in [1.29, 1.82) is 0 Å². The molecule has 194 valence electrons. The number of halogens is 2. The van der Waals surface area contributed by atoms with Crippen LogP contribution in [0.25, 0.3) is 6.08 Å². The van der Waals surface area contributed by atoms with Crippen molar-refractivity contribution >= 4 is 35.0 Å². The number of hydrogen-bond donors (Lipinski definition) is 0. The number of aromatic nitrogens is 1. The number of allylic oxidation sites excluding steroid dienone is 1. The van der Waals surface area contributed by atoms with Gasteiger partial charge in [-0.2, -0.15) is 0 Å². The SMILES string of the molecule is CCCCCOc1ccc(C2C(C(=O)OCC)=C(C)N=c3sc(=Cc4c(F)cccc4Cl)c(=O)n32)cc1. The van der Waals surface area contributed by atoms with Gasteiger partial charge in [0.05, 0.1) is 40.1 Å². The minimum atomic E-state index is -0.761. The van der Waals surface area contributed by atoms with E-state index in [0.29, 0.717) is 28.4 Å². The van der Waals surface area contributed by atoms with Gasteiger partial charge in [-0.3, -0.25) is 9.36 Å². The summed E-state index contributed by atoms with van der Waals surface area (Å²) in [7, 11) is 0. The van der Waals surface area contributed by atoms with Crippen molar-refractivity contribution in [2.75, 3.05) is 13.2 Å². The van der Waals surface area contributed by atoms with E-state index in [4.69, 9.17) is 21.1 Å². The first kappa shape index (κ1) is 26.8. The average molecular weight is 543 g/mol. The number of thiazole rings is 1. The molecule has 0 fully saturated rings. The van der Waals surface area contributed by atoms with E-state index in [1.807, 2.05) is 24.3 Å². The van der Waals surface area contributed by atoms with Gasteiger partial charge in [0.2, 0.25) is 0 Å². The molecule has 2 aromatic carbocycles. The molecule has 6 nitrogen and oxygen atoms in total. The fourth-order valence-corrected chi connectivity index (χ4v) is 5.42. The summed E-state index contributed by atoms with van der Waals surface area (Å²) in [5.41, 5.74) is 1.16. The number of rotatable bonds is 9. The van der Waals surface area contributed by atoms with E-state index in [2.05, 4.69) is 11.9 Å². The number of carbonyl (C=O) groups is 1. The minimum absolute atomic E-state index is 0.122. The van der Waals surface area contributed by atoms with Gasteiger partial charge in [0.25, 0.3) is 5.56 Å². The number of benzene rings is 2. The highest BCUT2D eigenvalue weighted by atomic mass is 35.5. The maximum atomic E-state index is 14.5. The van der Waals surface area contributed by atoms with Gasteiger partial charge in [0.15, 0.2) is 4.80 Å². The lowest BCUT2D eigenvalue weighted by molar-refractivity contribution is -0.139. The fourth-order valence-electron chi connectivity index (χ4n) is 4.18. The molecule has 0 radical (unpaired) electrons. The normalized spacial score (nSPS) is 15.4. The fraction of sp³-hybridized carbons (Fsp3) is 0.321. The van der Waals surface area contributed by atoms with Crippen molar-refractivity contribution in [1.82, 2.24) is 4.57 Å². The summed E-state index contributed by atoms with van der Waals surface area (Å²) in [6, 6.07) is 10.9. The predicted octanol–water partition coefficient (Wildman–Crippen LogP) is 5.16. The summed E-state index contributed by atoms with van der Waals surface area (Å²) in [6.45, 7) is 6.38. The molecule has 0 spiro atoms. The molecule has 0 amide bonds. The van der Waals surface area contributed by atoms with Crippen LogP contribution in [0.1, 0.15) is 57.2 Å². The topological polar surface area (TPSA) is 69.9 Å². The molecule has 3 aromatic rings. The highest BCUT2D eigenvalue weighted by Crippen LogP contribution is 2.31. The zero-order chi connectivity index (χ0) is 26.5. The van der Waals surface area contributed by atoms with Crippen molar-refractivity contribution in [2.45, 2.75) is 46.1 Å². The Kier molecular flexibility index (Phi) is 8.61. The molecule has 0 N–H and O–H groups in total. The molecule has 37 heavy (non-hydrogen) atoms. The molecule has 1 aromatic heterocycles. The van der Waals surface area contributed by atoms with Crippen LogP contribution in [-0.4, -0.2) is 23.8 Å². The monoisotopic (exact) mass is 542 g/mol. The van der Waals surface area contributed by atoms with Gasteiger partial charge in [-0.1, -0.05) is 60.9 Å². The summed E-state index contributed by atoms with van der Waals surface area (Å²) in [4.78, 5) is 31.6. The summed E-state index contributed by atoms with van der Waals surface area (Å²) in [5, 5.41) is 0.195. The van der Waals surface area contributed by atoms with Crippen LogP contribution in [0.15, 0.2) is 63.5 Å². The Balaban J connectivity index is 1.82. The molecule has 2 heterocycles. The Morgan fingerprint density at radius 2 is 1.95 bits per heavy atom. The van der Waals surface area contributed by atoms with Crippen molar-refractivity contribution in [2.24, 2.45) is 4.99 Å². The molecule has 0 saturated carbocycles. The van der Waals surface area contributed by atoms with E-state index >= 15 is 0 Å². The lowest BCUT2D eigenvalue weighted by Crippen LogP contribution is -2.39. The number of carbonyl (C=O) groups excluding carboxylic acids is 1. The minimum Gasteiger partial charge on any atom is -0.494 e. The lowest BCUT2D eigenvalue weighted by atomic mass is 9.96. The Bertz CT molecular complexity index is 1490. The molecule has 1 unspecified atom stereocenters. The van der Waals surface area contributed by atoms with E-state index in [0.717, 1.165) is 30.6 Å². The quantitative estimate of drug-likeness (QED) is 0.277. The van der Waals surface area contributed by atoms with Crippen molar-refractivity contribution < 1.29 is 18.7 Å². The van der Waals surface area contributed by atoms with Gasteiger partial charge in [-0.15, -0.1) is 0 Å². The van der Waals surface area contributed by atoms with Crippen LogP contribution < -0.4 is 19.6 Å². The maximum absolute atomic E-state index is 14.5. The van der Waals surface area contributed by atoms with Crippen LogP contribution in [0.5, 0.6) is 5.75 Å². The average Bonchev–Trinajstić information content (AvgIpc) is 3.18. The number of esters is 1. The van der Waals surface area contributed by atoms with E-state index < -0.39 is 23.4 Å². The van der Waals surface area contributed by atoms with Crippen LogP contribution >= 0.6 is 22.9 Å². The van der Waals surface area contributed by atoms with Gasteiger partial charge in [0.1, 0.15) is 11.6 Å². The number of unbranched alkanes of at least 4 members (excludes halogenated alkanes) is 2. The number of ether oxygens (including phenoxy) is 2. The van der Waals surface area contributed by atoms with E-state index in [1.165, 1.54) is 22.8 Å². The summed E-state index contributed by atoms with van der Waals surface area (Å²) >= 11 is 7.31. The molecule has 4 rings (SSSR count). The number of nitrogens with zero attached hydrogens (tertiary/aromatic N) is 2. The Morgan fingerprint density at radius 3 is 2.62 bits per heavy atom. The molecule has 1 atom stereocenters. The molecular weight excluding hydrogens is 515 g/mol. The standard InChI is InChI=1S/C28H28ClFN2O4S/c1-4-6-7-15-36-19-13-11-18(12-14-19)25-24(27(34)35-5-2)17(3)31-28-32(25)26(33)23(37-28)16-20-21(29)9-8-10-22(20)30/h8-14,16,25H,4-7,15H2,1-3H3. The Hall–Kier alpha value is -3.23. The number of fused-ring (bicyclic) bond motifs is 1. The van der Waals surface area contributed by atoms with Crippen LogP contribution in [0.2, 0.25) is 5.02 Å². The second-order valence-corrected chi connectivity index (χ2v) is 9.98. The van der Waals surface area contributed by atoms with Crippen LogP contribution in [0, 0.1) is 5.82 Å². The highest BCUT2D eigenvalue weighted by Gasteiger charge is 2.33. The molecular formula is C28H28ClFN2O4S. The first-order valence-corrected chi connectivity index (χ1v) is 13.4. The number of hydrogen-bond acceptors (Lipinski definition) is 6. The van der Waals surface area contributed by atoms with Crippen LogP contribution in [0.4, 0.5) is 4.39 Å².